The molecule has 2 heterocycles. The second-order valence-corrected chi connectivity index (χ2v) is 8.59. The van der Waals surface area contributed by atoms with Crippen LogP contribution in [0.5, 0.6) is 0 Å². The van der Waals surface area contributed by atoms with Gasteiger partial charge >= 0.3 is 5.97 Å². The molecule has 5 nitrogen and oxygen atoms in total. The van der Waals surface area contributed by atoms with Crippen LogP contribution in [0.25, 0.3) is 10.9 Å². The van der Waals surface area contributed by atoms with Gasteiger partial charge in [-0.15, -0.1) is 0 Å². The second kappa shape index (κ2) is 8.26. The highest BCUT2D eigenvalue weighted by Gasteiger charge is 2.23. The largest absolute Gasteiger partial charge is 0.465 e. The minimum Gasteiger partial charge on any atom is -0.465 e. The average Bonchev–Trinajstić information content (AvgIpc) is 3.00. The van der Waals surface area contributed by atoms with E-state index in [1.54, 1.807) is 0 Å². The summed E-state index contributed by atoms with van der Waals surface area (Å²) >= 11 is 0. The lowest BCUT2D eigenvalue weighted by Gasteiger charge is -2.36. The van der Waals surface area contributed by atoms with Gasteiger partial charge in [-0.2, -0.15) is 0 Å². The molecule has 1 N–H and O–H groups in total. The Hall–Kier alpha value is -1.85. The highest BCUT2D eigenvalue weighted by molar-refractivity contribution is 5.96. The zero-order valence-corrected chi connectivity index (χ0v) is 17.5. The van der Waals surface area contributed by atoms with E-state index < -0.39 is 0 Å². The van der Waals surface area contributed by atoms with Gasteiger partial charge in [0.2, 0.25) is 0 Å². The van der Waals surface area contributed by atoms with Gasteiger partial charge in [0.25, 0.3) is 0 Å². The minimum absolute atomic E-state index is 0.249. The standard InChI is InChI=1S/C23H33N3O2/c1-16-14-25(15-17(2)24-16)11-6-12-26-21-8-5-4-7-19(21)20-13-18(23(27)28-3)9-10-22(20)26/h9-10,13,16-17,24H,4-8,11-12,14-15H2,1-3H3/t16-,17+. The zero-order chi connectivity index (χ0) is 19.7. The number of benzene rings is 1. The van der Waals surface area contributed by atoms with Gasteiger partial charge in [0.05, 0.1) is 12.7 Å². The van der Waals surface area contributed by atoms with E-state index in [9.17, 15) is 4.79 Å². The van der Waals surface area contributed by atoms with Crippen molar-refractivity contribution in [2.45, 2.75) is 64.6 Å². The minimum atomic E-state index is -0.249. The lowest BCUT2D eigenvalue weighted by Crippen LogP contribution is -2.54. The van der Waals surface area contributed by atoms with Crippen LogP contribution in [0.4, 0.5) is 0 Å². The van der Waals surface area contributed by atoms with Gasteiger partial charge in [-0.1, -0.05) is 0 Å². The van der Waals surface area contributed by atoms with Crippen LogP contribution in [0.15, 0.2) is 18.2 Å². The smallest absolute Gasteiger partial charge is 0.337 e. The highest BCUT2D eigenvalue weighted by atomic mass is 16.5. The quantitative estimate of drug-likeness (QED) is 0.804. The maximum Gasteiger partial charge on any atom is 0.337 e. The summed E-state index contributed by atoms with van der Waals surface area (Å²) in [7, 11) is 1.45. The first-order chi connectivity index (χ1) is 13.6. The van der Waals surface area contributed by atoms with Crippen molar-refractivity contribution < 1.29 is 9.53 Å². The summed E-state index contributed by atoms with van der Waals surface area (Å²) in [5.74, 6) is -0.249. The number of aryl methyl sites for hydroxylation is 2. The number of carbonyl (C=O) groups excluding carboxylic acids is 1. The van der Waals surface area contributed by atoms with Gasteiger partial charge in [-0.05, 0) is 76.3 Å². The van der Waals surface area contributed by atoms with E-state index >= 15 is 0 Å². The first-order valence-electron chi connectivity index (χ1n) is 10.8. The number of rotatable bonds is 5. The van der Waals surface area contributed by atoms with E-state index in [4.69, 9.17) is 4.74 Å². The molecule has 2 atom stereocenters. The Morgan fingerprint density at radius 2 is 1.89 bits per heavy atom. The third kappa shape index (κ3) is 3.83. The molecule has 0 radical (unpaired) electrons. The number of methoxy groups -OCH3 is 1. The SMILES string of the molecule is COC(=O)c1ccc2c(c1)c1c(n2CCCN2C[C@@H](C)N[C@@H](C)C2)CCCC1. The molecule has 1 aromatic heterocycles. The Morgan fingerprint density at radius 1 is 1.14 bits per heavy atom. The molecule has 4 rings (SSSR count). The normalized spacial score (nSPS) is 23.0. The first-order valence-corrected chi connectivity index (χ1v) is 10.8. The number of esters is 1. The topological polar surface area (TPSA) is 46.5 Å². The molecule has 0 bridgehead atoms. The number of fused-ring (bicyclic) bond motifs is 3. The lowest BCUT2D eigenvalue weighted by molar-refractivity contribution is 0.0601. The Balaban J connectivity index is 1.55. The summed E-state index contributed by atoms with van der Waals surface area (Å²) in [5.41, 5.74) is 4.88. The molecule has 1 aliphatic heterocycles. The van der Waals surface area contributed by atoms with Crippen LogP contribution < -0.4 is 5.32 Å². The molecule has 28 heavy (non-hydrogen) atoms. The maximum absolute atomic E-state index is 12.0. The van der Waals surface area contributed by atoms with Crippen molar-refractivity contribution in [1.82, 2.24) is 14.8 Å². The fraction of sp³-hybridized carbons (Fsp3) is 0.609. The molecule has 1 aliphatic carbocycles. The van der Waals surface area contributed by atoms with Gasteiger partial charge in [0.1, 0.15) is 0 Å². The van der Waals surface area contributed by atoms with E-state index in [2.05, 4.69) is 34.7 Å². The van der Waals surface area contributed by atoms with E-state index in [0.717, 1.165) is 45.4 Å². The molecule has 1 fully saturated rings. The van der Waals surface area contributed by atoms with E-state index in [-0.39, 0.29) is 5.97 Å². The van der Waals surface area contributed by atoms with Crippen LogP contribution >= 0.6 is 0 Å². The van der Waals surface area contributed by atoms with Crippen LogP contribution in [0.2, 0.25) is 0 Å². The number of nitrogens with zero attached hydrogens (tertiary/aromatic N) is 2. The Kier molecular flexibility index (Phi) is 5.74. The third-order valence-corrected chi connectivity index (χ3v) is 6.29. The Bertz CT molecular complexity index is 847. The predicted molar refractivity (Wildman–Crippen MR) is 113 cm³/mol. The number of carbonyl (C=O) groups is 1. The molecule has 2 aliphatic rings. The number of hydrogen-bond acceptors (Lipinski definition) is 4. The van der Waals surface area contributed by atoms with E-state index in [1.807, 2.05) is 12.1 Å². The molecular formula is C23H33N3O2. The van der Waals surface area contributed by atoms with Crippen molar-refractivity contribution in [3.8, 4) is 0 Å². The first kappa shape index (κ1) is 19.5. The van der Waals surface area contributed by atoms with Gasteiger partial charge in [0.15, 0.2) is 0 Å². The molecule has 1 saturated heterocycles. The van der Waals surface area contributed by atoms with Crippen molar-refractivity contribution in [2.75, 3.05) is 26.7 Å². The van der Waals surface area contributed by atoms with Gasteiger partial charge in [-0.3, -0.25) is 0 Å². The van der Waals surface area contributed by atoms with Crippen molar-refractivity contribution in [3.05, 3.63) is 35.0 Å². The molecule has 1 aromatic carbocycles. The predicted octanol–water partition coefficient (Wildman–Crippen LogP) is 3.38. The van der Waals surface area contributed by atoms with Gasteiger partial charge in [-0.25, -0.2) is 4.79 Å². The number of ether oxygens (including phenoxy) is 1. The van der Waals surface area contributed by atoms with Crippen molar-refractivity contribution in [1.29, 1.82) is 0 Å². The number of hydrogen-bond donors (Lipinski definition) is 1. The number of nitrogens with one attached hydrogen (secondary N) is 1. The van der Waals surface area contributed by atoms with Crippen molar-refractivity contribution in [2.24, 2.45) is 0 Å². The lowest BCUT2D eigenvalue weighted by atomic mass is 9.95. The fourth-order valence-electron chi connectivity index (χ4n) is 5.21. The highest BCUT2D eigenvalue weighted by Crippen LogP contribution is 2.33. The summed E-state index contributed by atoms with van der Waals surface area (Å²) in [4.78, 5) is 14.6. The molecule has 2 aromatic rings. The third-order valence-electron chi connectivity index (χ3n) is 6.29. The number of piperazine rings is 1. The van der Waals surface area contributed by atoms with E-state index in [1.165, 1.54) is 42.1 Å². The number of aromatic nitrogens is 1. The van der Waals surface area contributed by atoms with E-state index in [0.29, 0.717) is 17.6 Å². The fourth-order valence-corrected chi connectivity index (χ4v) is 5.21. The van der Waals surface area contributed by atoms with Crippen LogP contribution in [-0.2, 0) is 24.1 Å². The van der Waals surface area contributed by atoms with Crippen LogP contribution in [0.1, 0.15) is 54.7 Å². The van der Waals surface area contributed by atoms with Gasteiger partial charge < -0.3 is 19.5 Å². The van der Waals surface area contributed by atoms with Crippen molar-refractivity contribution >= 4 is 16.9 Å². The average molecular weight is 384 g/mol. The van der Waals surface area contributed by atoms with Crippen LogP contribution in [-0.4, -0.2) is 54.3 Å². The summed E-state index contributed by atoms with van der Waals surface area (Å²) in [6.07, 6.45) is 5.94. The molecule has 0 saturated carbocycles. The van der Waals surface area contributed by atoms with Crippen molar-refractivity contribution in [3.63, 3.8) is 0 Å². The molecule has 5 heteroatoms. The summed E-state index contributed by atoms with van der Waals surface area (Å²) < 4.78 is 7.46. The Morgan fingerprint density at radius 3 is 2.64 bits per heavy atom. The van der Waals surface area contributed by atoms with Crippen LogP contribution in [0.3, 0.4) is 0 Å². The van der Waals surface area contributed by atoms with Crippen LogP contribution in [0, 0.1) is 0 Å². The molecule has 152 valence electrons. The second-order valence-electron chi connectivity index (χ2n) is 8.59. The maximum atomic E-state index is 12.0. The summed E-state index contributed by atoms with van der Waals surface area (Å²) in [6.45, 7) is 9.02. The molecular weight excluding hydrogens is 350 g/mol. The zero-order valence-electron chi connectivity index (χ0n) is 17.5. The molecule has 0 spiro atoms. The monoisotopic (exact) mass is 383 g/mol. The van der Waals surface area contributed by atoms with Gasteiger partial charge in [0, 0.05) is 48.3 Å². The summed E-state index contributed by atoms with van der Waals surface area (Å²) in [5, 5.41) is 4.86. The summed E-state index contributed by atoms with van der Waals surface area (Å²) in [6, 6.07) is 7.22. The molecule has 0 amide bonds. The molecule has 0 unspecified atom stereocenters. The Labute approximate surface area is 168 Å².